The molecule has 6 heteroatoms. The molecule has 21 heavy (non-hydrogen) atoms. The van der Waals surface area contributed by atoms with E-state index in [1.54, 1.807) is 11.8 Å². The molecule has 4 nitrogen and oxygen atoms in total. The fourth-order valence-electron chi connectivity index (χ4n) is 1.67. The first-order valence-corrected chi connectivity index (χ1v) is 8.45. The van der Waals surface area contributed by atoms with Gasteiger partial charge in [-0.2, -0.15) is 0 Å². The molecule has 0 amide bonds. The Morgan fingerprint density at radius 3 is 2.67 bits per heavy atom. The standard InChI is InChI=1S/C15H20ClN3OS/c1-11(2)14-17-15(19-18-14)21-10-4-3-9-20-13-7-5-12(16)6-8-13/h5-8,11H,3-4,9-10H2,1-2H3,(H,17,18,19). The molecule has 0 aliphatic heterocycles. The largest absolute Gasteiger partial charge is 0.494 e. The predicted molar refractivity (Wildman–Crippen MR) is 87.4 cm³/mol. The second kappa shape index (κ2) is 8.29. The summed E-state index contributed by atoms with van der Waals surface area (Å²) < 4.78 is 5.64. The first-order valence-electron chi connectivity index (χ1n) is 7.08. The van der Waals surface area contributed by atoms with Crippen LogP contribution in [0.4, 0.5) is 0 Å². The van der Waals surface area contributed by atoms with Gasteiger partial charge in [0.1, 0.15) is 11.6 Å². The van der Waals surface area contributed by atoms with E-state index in [-0.39, 0.29) is 0 Å². The van der Waals surface area contributed by atoms with Gasteiger partial charge in [0.05, 0.1) is 6.61 Å². The van der Waals surface area contributed by atoms with Crippen molar-refractivity contribution in [2.75, 3.05) is 12.4 Å². The van der Waals surface area contributed by atoms with Gasteiger partial charge in [-0.1, -0.05) is 37.2 Å². The summed E-state index contributed by atoms with van der Waals surface area (Å²) in [6.45, 7) is 4.92. The lowest BCUT2D eigenvalue weighted by Gasteiger charge is -2.05. The maximum absolute atomic E-state index is 5.82. The van der Waals surface area contributed by atoms with Gasteiger partial charge < -0.3 is 4.74 Å². The number of rotatable bonds is 8. The number of hydrogen-bond donors (Lipinski definition) is 1. The molecule has 0 spiro atoms. The van der Waals surface area contributed by atoms with Crippen molar-refractivity contribution in [1.82, 2.24) is 15.2 Å². The molecule has 0 bridgehead atoms. The van der Waals surface area contributed by atoms with E-state index < -0.39 is 0 Å². The average Bonchev–Trinajstić information content (AvgIpc) is 2.94. The monoisotopic (exact) mass is 325 g/mol. The van der Waals surface area contributed by atoms with Gasteiger partial charge in [0.2, 0.25) is 5.16 Å². The average molecular weight is 326 g/mol. The van der Waals surface area contributed by atoms with Gasteiger partial charge >= 0.3 is 0 Å². The quantitative estimate of drug-likeness (QED) is 0.572. The minimum atomic E-state index is 0.389. The minimum Gasteiger partial charge on any atom is -0.494 e. The third kappa shape index (κ3) is 5.59. The minimum absolute atomic E-state index is 0.389. The van der Waals surface area contributed by atoms with E-state index in [2.05, 4.69) is 29.0 Å². The Balaban J connectivity index is 1.58. The van der Waals surface area contributed by atoms with Gasteiger partial charge in [0, 0.05) is 16.7 Å². The molecule has 0 saturated carbocycles. The first kappa shape index (κ1) is 16.2. The fraction of sp³-hybridized carbons (Fsp3) is 0.467. The number of benzene rings is 1. The Morgan fingerprint density at radius 1 is 1.24 bits per heavy atom. The lowest BCUT2D eigenvalue weighted by atomic mass is 10.2. The molecule has 1 aromatic heterocycles. The van der Waals surface area contributed by atoms with Crippen molar-refractivity contribution in [1.29, 1.82) is 0 Å². The number of ether oxygens (including phenoxy) is 1. The van der Waals surface area contributed by atoms with Gasteiger partial charge in [-0.25, -0.2) is 4.98 Å². The lowest BCUT2D eigenvalue weighted by Crippen LogP contribution is -1.97. The number of aromatic nitrogens is 3. The highest BCUT2D eigenvalue weighted by molar-refractivity contribution is 7.99. The van der Waals surface area contributed by atoms with Gasteiger partial charge in [-0.05, 0) is 37.1 Å². The molecule has 0 atom stereocenters. The van der Waals surface area contributed by atoms with Crippen LogP contribution in [0, 0.1) is 0 Å². The van der Waals surface area contributed by atoms with Crippen LogP contribution in [0.15, 0.2) is 29.4 Å². The van der Waals surface area contributed by atoms with Gasteiger partial charge in [0.25, 0.3) is 0 Å². The third-order valence-corrected chi connectivity index (χ3v) is 4.07. The molecular weight excluding hydrogens is 306 g/mol. The van der Waals surface area contributed by atoms with E-state index in [0.717, 1.165) is 40.3 Å². The molecule has 2 rings (SSSR count). The van der Waals surface area contributed by atoms with Crippen molar-refractivity contribution in [3.8, 4) is 5.75 Å². The van der Waals surface area contributed by atoms with Crippen molar-refractivity contribution in [2.24, 2.45) is 0 Å². The fourth-order valence-corrected chi connectivity index (χ4v) is 2.60. The number of halogens is 1. The lowest BCUT2D eigenvalue weighted by molar-refractivity contribution is 0.310. The number of H-pyrrole nitrogens is 1. The molecule has 0 aliphatic rings. The SMILES string of the molecule is CC(C)c1nc(SCCCCOc2ccc(Cl)cc2)n[nH]1. The van der Waals surface area contributed by atoms with Crippen LogP contribution in [0.25, 0.3) is 0 Å². The number of aromatic amines is 1. The van der Waals surface area contributed by atoms with E-state index in [4.69, 9.17) is 16.3 Å². The molecule has 0 radical (unpaired) electrons. The summed E-state index contributed by atoms with van der Waals surface area (Å²) in [6.07, 6.45) is 2.08. The van der Waals surface area contributed by atoms with Gasteiger partial charge in [-0.3, -0.25) is 5.10 Å². The van der Waals surface area contributed by atoms with Crippen LogP contribution in [-0.4, -0.2) is 27.5 Å². The highest BCUT2D eigenvalue weighted by Crippen LogP contribution is 2.18. The second-order valence-electron chi connectivity index (χ2n) is 5.02. The first-order chi connectivity index (χ1) is 10.1. The second-order valence-corrected chi connectivity index (χ2v) is 6.51. The summed E-state index contributed by atoms with van der Waals surface area (Å²) >= 11 is 7.50. The molecule has 0 saturated heterocycles. The third-order valence-electron chi connectivity index (χ3n) is 2.88. The molecule has 0 aliphatic carbocycles. The maximum atomic E-state index is 5.82. The summed E-state index contributed by atoms with van der Waals surface area (Å²) in [6, 6.07) is 7.45. The van der Waals surface area contributed by atoms with Crippen molar-refractivity contribution in [3.63, 3.8) is 0 Å². The Morgan fingerprint density at radius 2 is 2.00 bits per heavy atom. The maximum Gasteiger partial charge on any atom is 0.208 e. The van der Waals surface area contributed by atoms with Crippen LogP contribution in [0.1, 0.15) is 38.4 Å². The Hall–Kier alpha value is -1.20. The number of nitrogens with one attached hydrogen (secondary N) is 1. The Labute approximate surface area is 134 Å². The molecule has 2 aromatic rings. The summed E-state index contributed by atoms with van der Waals surface area (Å²) in [4.78, 5) is 4.44. The molecule has 1 N–H and O–H groups in total. The molecule has 0 unspecified atom stereocenters. The number of nitrogens with zero attached hydrogens (tertiary/aromatic N) is 2. The summed E-state index contributed by atoms with van der Waals surface area (Å²) in [7, 11) is 0. The van der Waals surface area contributed by atoms with E-state index in [1.807, 2.05) is 24.3 Å². The smallest absolute Gasteiger partial charge is 0.208 e. The zero-order valence-corrected chi connectivity index (χ0v) is 13.9. The van der Waals surface area contributed by atoms with Gasteiger partial charge in [-0.15, -0.1) is 5.10 Å². The van der Waals surface area contributed by atoms with Crippen LogP contribution in [-0.2, 0) is 0 Å². The van der Waals surface area contributed by atoms with E-state index in [1.165, 1.54) is 0 Å². The van der Waals surface area contributed by atoms with Crippen molar-refractivity contribution in [2.45, 2.75) is 37.8 Å². The Bertz CT molecular complexity index is 542. The van der Waals surface area contributed by atoms with Gasteiger partial charge in [0.15, 0.2) is 0 Å². The van der Waals surface area contributed by atoms with Crippen LogP contribution in [0.2, 0.25) is 5.02 Å². The highest BCUT2D eigenvalue weighted by atomic mass is 35.5. The van der Waals surface area contributed by atoms with E-state index in [9.17, 15) is 0 Å². The van der Waals surface area contributed by atoms with E-state index in [0.29, 0.717) is 12.5 Å². The number of thioether (sulfide) groups is 1. The predicted octanol–water partition coefficient (Wildman–Crippen LogP) is 4.53. The molecular formula is C15H20ClN3OS. The van der Waals surface area contributed by atoms with Crippen molar-refractivity contribution in [3.05, 3.63) is 35.1 Å². The molecule has 1 heterocycles. The molecule has 0 fully saturated rings. The van der Waals surface area contributed by atoms with Crippen LogP contribution in [0.5, 0.6) is 5.75 Å². The molecule has 1 aromatic carbocycles. The zero-order valence-electron chi connectivity index (χ0n) is 12.3. The van der Waals surface area contributed by atoms with Crippen molar-refractivity contribution < 1.29 is 4.74 Å². The summed E-state index contributed by atoms with van der Waals surface area (Å²) in [5, 5.41) is 8.72. The van der Waals surface area contributed by atoms with Crippen LogP contribution >= 0.6 is 23.4 Å². The zero-order chi connectivity index (χ0) is 15.1. The highest BCUT2D eigenvalue weighted by Gasteiger charge is 2.06. The number of unbranched alkanes of at least 4 members (excludes halogenated alkanes) is 1. The summed E-state index contributed by atoms with van der Waals surface area (Å²) in [5.74, 6) is 3.20. The molecule has 114 valence electrons. The Kier molecular flexibility index (Phi) is 6.39. The summed E-state index contributed by atoms with van der Waals surface area (Å²) in [5.41, 5.74) is 0. The normalized spacial score (nSPS) is 11.0. The van der Waals surface area contributed by atoms with Crippen LogP contribution < -0.4 is 4.74 Å². The topological polar surface area (TPSA) is 50.8 Å². The van der Waals surface area contributed by atoms with Crippen LogP contribution in [0.3, 0.4) is 0 Å². The van der Waals surface area contributed by atoms with E-state index >= 15 is 0 Å². The van der Waals surface area contributed by atoms with Crippen molar-refractivity contribution >= 4 is 23.4 Å². The number of hydrogen-bond acceptors (Lipinski definition) is 4.